The van der Waals surface area contributed by atoms with Gasteiger partial charge in [-0.25, -0.2) is 0 Å². The molecule has 35 heavy (non-hydrogen) atoms. The van der Waals surface area contributed by atoms with E-state index < -0.39 is 5.89 Å². The van der Waals surface area contributed by atoms with Crippen LogP contribution in [0.4, 0.5) is 11.4 Å². The van der Waals surface area contributed by atoms with Gasteiger partial charge in [-0.2, -0.15) is 0 Å². The molecular formula is C34H35N. The van der Waals surface area contributed by atoms with Gasteiger partial charge in [0.2, 0.25) is 0 Å². The maximum atomic E-state index is 9.26. The monoisotopic (exact) mass is 458 g/mol. The van der Waals surface area contributed by atoms with Gasteiger partial charge in [0.1, 0.15) is 0 Å². The molecule has 0 saturated heterocycles. The van der Waals surface area contributed by atoms with Gasteiger partial charge in [-0.3, -0.25) is 0 Å². The fraction of sp³-hybridized carbons (Fsp3) is 0.294. The van der Waals surface area contributed by atoms with Crippen molar-refractivity contribution in [2.75, 3.05) is 4.90 Å². The molecule has 0 heterocycles. The van der Waals surface area contributed by atoms with E-state index in [0.717, 1.165) is 18.5 Å². The molecule has 1 nitrogen and oxygen atoms in total. The van der Waals surface area contributed by atoms with E-state index in [1.54, 1.807) is 0 Å². The minimum absolute atomic E-state index is 0.0612. The minimum atomic E-state index is -0.497. The number of fused-ring (bicyclic) bond motifs is 3. The first-order chi connectivity index (χ1) is 17.1. The van der Waals surface area contributed by atoms with Crippen LogP contribution in [-0.2, 0) is 5.41 Å². The Bertz CT molecular complexity index is 1440. The lowest BCUT2D eigenvalue weighted by Gasteiger charge is -2.40. The molecule has 0 amide bonds. The summed E-state index contributed by atoms with van der Waals surface area (Å²) in [5.41, 5.74) is 11.1. The van der Waals surface area contributed by atoms with Crippen molar-refractivity contribution < 1.29 is 1.37 Å². The highest BCUT2D eigenvalue weighted by Gasteiger charge is 2.39. The van der Waals surface area contributed by atoms with E-state index >= 15 is 0 Å². The lowest BCUT2D eigenvalue weighted by molar-refractivity contribution is 0.558. The first kappa shape index (κ1) is 21.0. The summed E-state index contributed by atoms with van der Waals surface area (Å²) in [5.74, 6) is -0.497. The van der Waals surface area contributed by atoms with Crippen LogP contribution in [0, 0.1) is 0 Å². The zero-order chi connectivity index (χ0) is 25.3. The minimum Gasteiger partial charge on any atom is -0.336 e. The highest BCUT2D eigenvalue weighted by molar-refractivity contribution is 5.86. The number of benzene rings is 4. The van der Waals surface area contributed by atoms with Crippen molar-refractivity contribution in [3.8, 4) is 22.3 Å². The van der Waals surface area contributed by atoms with E-state index in [0.29, 0.717) is 0 Å². The molecule has 1 heteroatoms. The first-order valence-corrected chi connectivity index (χ1v) is 12.8. The molecule has 0 aromatic heterocycles. The standard InChI is InChI=1S/C34H35N/c1-33(2,3)35(26-19-17-24(18-20-26)23-11-7-6-8-12-23)32-22-29-27-13-9-10-14-30(27)34(4,5)31(29)21-28(32)25-15-16-25/h6-14,17-22,25H,15-16H2,1-5H3/i25D. The van der Waals surface area contributed by atoms with Gasteiger partial charge in [0.15, 0.2) is 0 Å². The molecule has 0 unspecified atom stereocenters. The molecule has 6 rings (SSSR count). The predicted octanol–water partition coefficient (Wildman–Crippen LogP) is 9.47. The molecule has 0 N–H and O–H groups in total. The molecule has 0 radical (unpaired) electrons. The summed E-state index contributed by atoms with van der Waals surface area (Å²) < 4.78 is 9.26. The Hall–Kier alpha value is -3.32. The summed E-state index contributed by atoms with van der Waals surface area (Å²) in [5, 5.41) is 0. The van der Waals surface area contributed by atoms with Crippen LogP contribution in [-0.4, -0.2) is 5.54 Å². The average molecular weight is 459 g/mol. The summed E-state index contributed by atoms with van der Waals surface area (Å²) in [6.45, 7) is 11.5. The SMILES string of the molecule is [2H]C1(c2cc3c(cc2N(c2ccc(-c4ccccc4)cc2)C(C)(C)C)-c2ccccc2C3(C)C)CC1. The van der Waals surface area contributed by atoms with Gasteiger partial charge in [-0.05, 0) is 96.7 Å². The molecular weight excluding hydrogens is 422 g/mol. The molecule has 1 fully saturated rings. The molecule has 4 aromatic carbocycles. The molecule has 4 aromatic rings. The third-order valence-corrected chi connectivity index (χ3v) is 7.73. The van der Waals surface area contributed by atoms with Gasteiger partial charge in [-0.1, -0.05) is 86.6 Å². The van der Waals surface area contributed by atoms with Gasteiger partial charge in [0.05, 0.1) is 0 Å². The molecule has 0 atom stereocenters. The zero-order valence-electron chi connectivity index (χ0n) is 22.5. The summed E-state index contributed by atoms with van der Waals surface area (Å²) in [4.78, 5) is 2.46. The Labute approximate surface area is 211 Å². The van der Waals surface area contributed by atoms with Crippen molar-refractivity contribution in [2.45, 2.75) is 64.3 Å². The van der Waals surface area contributed by atoms with Crippen LogP contribution in [0.25, 0.3) is 22.3 Å². The third-order valence-electron chi connectivity index (χ3n) is 7.73. The van der Waals surface area contributed by atoms with Crippen LogP contribution >= 0.6 is 0 Å². The second kappa shape index (κ2) is 7.85. The highest BCUT2D eigenvalue weighted by Crippen LogP contribution is 2.55. The summed E-state index contributed by atoms with van der Waals surface area (Å²) in [7, 11) is 0. The molecule has 1 saturated carbocycles. The number of anilines is 2. The van der Waals surface area contributed by atoms with Crippen molar-refractivity contribution in [3.63, 3.8) is 0 Å². The van der Waals surface area contributed by atoms with Crippen molar-refractivity contribution in [1.82, 2.24) is 0 Å². The predicted molar refractivity (Wildman–Crippen MR) is 150 cm³/mol. The number of hydrogen-bond donors (Lipinski definition) is 0. The van der Waals surface area contributed by atoms with Crippen molar-refractivity contribution >= 4 is 11.4 Å². The van der Waals surface area contributed by atoms with E-state index in [9.17, 15) is 1.37 Å². The Balaban J connectivity index is 1.55. The van der Waals surface area contributed by atoms with E-state index in [1.165, 1.54) is 44.6 Å². The van der Waals surface area contributed by atoms with Gasteiger partial charge in [0, 0.05) is 23.7 Å². The normalized spacial score (nSPS) is 17.3. The lowest BCUT2D eigenvalue weighted by atomic mass is 9.81. The van der Waals surface area contributed by atoms with E-state index in [-0.39, 0.29) is 11.0 Å². The summed E-state index contributed by atoms with van der Waals surface area (Å²) in [6, 6.07) is 33.1. The van der Waals surface area contributed by atoms with Crippen LogP contribution in [0.5, 0.6) is 0 Å². The molecule has 0 spiro atoms. The highest BCUT2D eigenvalue weighted by atomic mass is 15.2. The van der Waals surface area contributed by atoms with Crippen molar-refractivity contribution in [3.05, 3.63) is 108 Å². The molecule has 2 aliphatic carbocycles. The molecule has 0 aliphatic heterocycles. The fourth-order valence-corrected chi connectivity index (χ4v) is 5.86. The topological polar surface area (TPSA) is 3.24 Å². The lowest BCUT2D eigenvalue weighted by Crippen LogP contribution is -2.38. The Morgan fingerprint density at radius 1 is 0.743 bits per heavy atom. The Kier molecular flexibility index (Phi) is 4.71. The van der Waals surface area contributed by atoms with Crippen LogP contribution in [0.3, 0.4) is 0 Å². The number of rotatable bonds is 4. The van der Waals surface area contributed by atoms with Crippen molar-refractivity contribution in [1.29, 1.82) is 0 Å². The molecule has 2 aliphatic rings. The van der Waals surface area contributed by atoms with E-state index in [4.69, 9.17) is 0 Å². The van der Waals surface area contributed by atoms with E-state index in [1.807, 2.05) is 0 Å². The summed E-state index contributed by atoms with van der Waals surface area (Å²) in [6.07, 6.45) is 1.86. The van der Waals surface area contributed by atoms with Crippen LogP contribution < -0.4 is 4.90 Å². The van der Waals surface area contributed by atoms with Crippen LogP contribution in [0.15, 0.2) is 91.0 Å². The largest absolute Gasteiger partial charge is 0.336 e. The number of nitrogens with zero attached hydrogens (tertiary/aromatic N) is 1. The first-order valence-electron chi connectivity index (χ1n) is 13.3. The maximum absolute atomic E-state index is 9.26. The van der Waals surface area contributed by atoms with Crippen LogP contribution in [0.2, 0.25) is 0 Å². The van der Waals surface area contributed by atoms with Crippen LogP contribution in [0.1, 0.15) is 71.4 Å². The average Bonchev–Trinajstić information content (AvgIpc) is 3.57. The smallest absolute Gasteiger partial charge is 0.0457 e. The second-order valence-electron chi connectivity index (χ2n) is 11.6. The number of hydrogen-bond acceptors (Lipinski definition) is 1. The Morgan fingerprint density at radius 2 is 1.37 bits per heavy atom. The van der Waals surface area contributed by atoms with Gasteiger partial charge >= 0.3 is 0 Å². The maximum Gasteiger partial charge on any atom is 0.0457 e. The van der Waals surface area contributed by atoms with Gasteiger partial charge in [0.25, 0.3) is 0 Å². The van der Waals surface area contributed by atoms with E-state index in [2.05, 4.69) is 131 Å². The fourth-order valence-electron chi connectivity index (χ4n) is 5.86. The quantitative estimate of drug-likeness (QED) is 0.294. The zero-order valence-corrected chi connectivity index (χ0v) is 21.5. The Morgan fingerprint density at radius 3 is 2.03 bits per heavy atom. The van der Waals surface area contributed by atoms with Crippen molar-refractivity contribution in [2.24, 2.45) is 0 Å². The third kappa shape index (κ3) is 3.69. The summed E-state index contributed by atoms with van der Waals surface area (Å²) >= 11 is 0. The molecule has 0 bridgehead atoms. The second-order valence-corrected chi connectivity index (χ2v) is 11.6. The molecule has 176 valence electrons. The van der Waals surface area contributed by atoms with Gasteiger partial charge < -0.3 is 4.90 Å². The van der Waals surface area contributed by atoms with Gasteiger partial charge in [-0.15, -0.1) is 0 Å².